The lowest BCUT2D eigenvalue weighted by molar-refractivity contribution is -0.119. The highest BCUT2D eigenvalue weighted by Gasteiger charge is 2.08. The van der Waals surface area contributed by atoms with E-state index in [1.165, 1.54) is 6.92 Å². The zero-order valence-corrected chi connectivity index (χ0v) is 9.08. The molecule has 0 saturated heterocycles. The molecule has 0 radical (unpaired) electrons. The van der Waals surface area contributed by atoms with Crippen molar-refractivity contribution in [2.24, 2.45) is 0 Å². The van der Waals surface area contributed by atoms with E-state index < -0.39 is 0 Å². The maximum atomic E-state index is 10.8. The fourth-order valence-electron chi connectivity index (χ4n) is 1.44. The summed E-state index contributed by atoms with van der Waals surface area (Å²) >= 11 is 0. The number of carbonyl (C=O) groups is 1. The van der Waals surface area contributed by atoms with Gasteiger partial charge in [-0.25, -0.2) is 4.98 Å². The summed E-state index contributed by atoms with van der Waals surface area (Å²) in [6.45, 7) is 5.74. The molecule has 1 aliphatic rings. The molecule has 2 rings (SSSR count). The number of nitrogens with zero attached hydrogens (tertiary/aromatic N) is 1. The van der Waals surface area contributed by atoms with Gasteiger partial charge in [0, 0.05) is 18.2 Å². The summed E-state index contributed by atoms with van der Waals surface area (Å²) in [6.07, 6.45) is 3.86. The fraction of sp³-hybridized carbons (Fsp3) is 0.167. The highest BCUT2D eigenvalue weighted by Crippen LogP contribution is 2.21. The molecule has 0 saturated carbocycles. The van der Waals surface area contributed by atoms with Gasteiger partial charge in [-0.2, -0.15) is 0 Å². The van der Waals surface area contributed by atoms with Gasteiger partial charge in [0.1, 0.15) is 5.82 Å². The van der Waals surface area contributed by atoms with Crippen LogP contribution in [0.5, 0.6) is 0 Å². The molecular weight excluding hydrogens is 202 g/mol. The summed E-state index contributed by atoms with van der Waals surface area (Å²) in [4.78, 5) is 15.2. The van der Waals surface area contributed by atoms with Gasteiger partial charge in [-0.05, 0) is 24.3 Å². The number of anilines is 1. The van der Waals surface area contributed by atoms with Crippen LogP contribution < -0.4 is 10.6 Å². The third-order valence-corrected chi connectivity index (χ3v) is 2.25. The summed E-state index contributed by atoms with van der Waals surface area (Å²) in [5.41, 5.74) is 2.67. The minimum Gasteiger partial charge on any atom is -0.351 e. The van der Waals surface area contributed by atoms with Gasteiger partial charge in [-0.1, -0.05) is 6.58 Å². The van der Waals surface area contributed by atoms with Crippen LogP contribution in [-0.4, -0.2) is 10.9 Å². The molecule has 1 amide bonds. The Kier molecular flexibility index (Phi) is 2.72. The van der Waals surface area contributed by atoms with Crippen LogP contribution in [0.3, 0.4) is 0 Å². The number of fused-ring (bicyclic) bond motifs is 1. The van der Waals surface area contributed by atoms with E-state index in [0.717, 1.165) is 22.8 Å². The van der Waals surface area contributed by atoms with Gasteiger partial charge in [-0.3, -0.25) is 4.79 Å². The predicted octanol–water partition coefficient (Wildman–Crippen LogP) is 1.67. The Hall–Kier alpha value is -2.10. The van der Waals surface area contributed by atoms with E-state index in [1.807, 2.05) is 24.3 Å². The molecule has 0 atom stereocenters. The number of allylic oxidation sites excluding steroid dienone is 1. The molecule has 4 heteroatoms. The number of aromatic nitrogens is 1. The quantitative estimate of drug-likeness (QED) is 0.789. The number of amides is 1. The zero-order valence-electron chi connectivity index (χ0n) is 9.08. The number of hydrogen-bond donors (Lipinski definition) is 2. The average Bonchev–Trinajstić information content (AvgIpc) is 2.25. The monoisotopic (exact) mass is 215 g/mol. The minimum absolute atomic E-state index is 0.0585. The second kappa shape index (κ2) is 4.18. The van der Waals surface area contributed by atoms with Gasteiger partial charge in [0.15, 0.2) is 0 Å². The SMILES string of the molecule is C=C1C=Cc2ccc(CNC(C)=O)nc2N1. The van der Waals surface area contributed by atoms with Crippen molar-refractivity contribution >= 4 is 17.8 Å². The molecule has 1 aromatic heterocycles. The molecule has 1 aromatic rings. The highest BCUT2D eigenvalue weighted by molar-refractivity contribution is 5.73. The largest absolute Gasteiger partial charge is 0.351 e. The van der Waals surface area contributed by atoms with E-state index in [0.29, 0.717) is 6.54 Å². The van der Waals surface area contributed by atoms with Crippen LogP contribution in [0, 0.1) is 0 Å². The fourth-order valence-corrected chi connectivity index (χ4v) is 1.44. The second-order valence-electron chi connectivity index (χ2n) is 3.63. The molecule has 0 aliphatic carbocycles. The molecule has 1 aliphatic heterocycles. The van der Waals surface area contributed by atoms with E-state index in [2.05, 4.69) is 22.2 Å². The standard InChI is InChI=1S/C12H13N3O/c1-8-3-4-10-5-6-11(7-13-9(2)16)15-12(10)14-8/h3-6H,1,7H2,2H3,(H,13,16)(H,14,15). The maximum absolute atomic E-state index is 10.8. The van der Waals surface area contributed by atoms with Gasteiger partial charge < -0.3 is 10.6 Å². The topological polar surface area (TPSA) is 54.0 Å². The summed E-state index contributed by atoms with van der Waals surface area (Å²) in [6, 6.07) is 3.87. The number of rotatable bonds is 2. The van der Waals surface area contributed by atoms with Crippen LogP contribution in [0.15, 0.2) is 30.5 Å². The first-order chi connectivity index (χ1) is 7.65. The lowest BCUT2D eigenvalue weighted by Gasteiger charge is -2.14. The molecule has 0 spiro atoms. The summed E-state index contributed by atoms with van der Waals surface area (Å²) in [7, 11) is 0. The van der Waals surface area contributed by atoms with E-state index in [9.17, 15) is 4.79 Å². The Balaban J connectivity index is 2.19. The molecule has 0 unspecified atom stereocenters. The molecule has 82 valence electrons. The van der Waals surface area contributed by atoms with Gasteiger partial charge >= 0.3 is 0 Å². The van der Waals surface area contributed by atoms with Crippen molar-refractivity contribution in [3.8, 4) is 0 Å². The second-order valence-corrected chi connectivity index (χ2v) is 3.63. The van der Waals surface area contributed by atoms with Crippen molar-refractivity contribution in [3.63, 3.8) is 0 Å². The van der Waals surface area contributed by atoms with Crippen LogP contribution in [0.1, 0.15) is 18.2 Å². The number of nitrogens with one attached hydrogen (secondary N) is 2. The van der Waals surface area contributed by atoms with Gasteiger partial charge in [-0.15, -0.1) is 0 Å². The van der Waals surface area contributed by atoms with Gasteiger partial charge in [0.25, 0.3) is 0 Å². The number of pyridine rings is 1. The first-order valence-electron chi connectivity index (χ1n) is 5.03. The Morgan fingerprint density at radius 3 is 3.06 bits per heavy atom. The average molecular weight is 215 g/mol. The number of carbonyl (C=O) groups excluding carboxylic acids is 1. The summed E-state index contributed by atoms with van der Waals surface area (Å²) < 4.78 is 0. The molecule has 4 nitrogen and oxygen atoms in total. The third-order valence-electron chi connectivity index (χ3n) is 2.25. The Morgan fingerprint density at radius 2 is 2.31 bits per heavy atom. The molecular formula is C12H13N3O. The van der Waals surface area contributed by atoms with Crippen molar-refractivity contribution in [2.45, 2.75) is 13.5 Å². The Labute approximate surface area is 94.1 Å². The van der Waals surface area contributed by atoms with Crippen molar-refractivity contribution in [3.05, 3.63) is 41.7 Å². The van der Waals surface area contributed by atoms with E-state index in [1.54, 1.807) is 0 Å². The van der Waals surface area contributed by atoms with Crippen LogP contribution in [0.4, 0.5) is 5.82 Å². The number of hydrogen-bond acceptors (Lipinski definition) is 3. The lowest BCUT2D eigenvalue weighted by Crippen LogP contribution is -2.20. The van der Waals surface area contributed by atoms with E-state index in [4.69, 9.17) is 0 Å². The summed E-state index contributed by atoms with van der Waals surface area (Å²) in [5.74, 6) is 0.729. The van der Waals surface area contributed by atoms with Crippen LogP contribution in [0.25, 0.3) is 6.08 Å². The highest BCUT2D eigenvalue weighted by atomic mass is 16.1. The maximum Gasteiger partial charge on any atom is 0.217 e. The molecule has 0 bridgehead atoms. The van der Waals surface area contributed by atoms with Crippen molar-refractivity contribution in [1.29, 1.82) is 0 Å². The summed E-state index contributed by atoms with van der Waals surface area (Å²) in [5, 5.41) is 5.79. The van der Waals surface area contributed by atoms with Crippen LogP contribution in [0.2, 0.25) is 0 Å². The van der Waals surface area contributed by atoms with Gasteiger partial charge in [0.05, 0.1) is 12.2 Å². The van der Waals surface area contributed by atoms with Crippen molar-refractivity contribution in [2.75, 3.05) is 5.32 Å². The van der Waals surface area contributed by atoms with Gasteiger partial charge in [0.2, 0.25) is 5.91 Å². The first-order valence-corrected chi connectivity index (χ1v) is 5.03. The molecule has 2 N–H and O–H groups in total. The normalized spacial score (nSPS) is 12.9. The molecule has 0 aromatic carbocycles. The lowest BCUT2D eigenvalue weighted by atomic mass is 10.1. The van der Waals surface area contributed by atoms with Crippen molar-refractivity contribution in [1.82, 2.24) is 10.3 Å². The smallest absolute Gasteiger partial charge is 0.217 e. The third kappa shape index (κ3) is 2.28. The van der Waals surface area contributed by atoms with Crippen LogP contribution in [-0.2, 0) is 11.3 Å². The van der Waals surface area contributed by atoms with Crippen LogP contribution >= 0.6 is 0 Å². The molecule has 16 heavy (non-hydrogen) atoms. The Bertz CT molecular complexity index is 477. The molecule has 0 fully saturated rings. The zero-order chi connectivity index (χ0) is 11.5. The Morgan fingerprint density at radius 1 is 1.50 bits per heavy atom. The molecule has 2 heterocycles. The minimum atomic E-state index is -0.0585. The van der Waals surface area contributed by atoms with Crippen molar-refractivity contribution < 1.29 is 4.79 Å². The van der Waals surface area contributed by atoms with E-state index in [-0.39, 0.29) is 5.91 Å². The predicted molar refractivity (Wildman–Crippen MR) is 63.6 cm³/mol. The van der Waals surface area contributed by atoms with E-state index >= 15 is 0 Å². The first kappa shape index (κ1) is 10.4.